The maximum Gasteiger partial charge on any atom is 0.169 e. The smallest absolute Gasteiger partial charge is 0.169 e. The zero-order chi connectivity index (χ0) is 16.2. The van der Waals surface area contributed by atoms with Gasteiger partial charge in [-0.15, -0.1) is 0 Å². The number of nitrogens with zero attached hydrogens (tertiary/aromatic N) is 1. The van der Waals surface area contributed by atoms with E-state index in [1.165, 1.54) is 30.4 Å². The largest absolute Gasteiger partial charge is 0.376 e. The minimum absolute atomic E-state index is 0.333. The number of hydrogen-bond donors (Lipinski definition) is 1. The lowest BCUT2D eigenvalue weighted by Crippen LogP contribution is -2.43. The predicted molar refractivity (Wildman–Crippen MR) is 98.7 cm³/mol. The van der Waals surface area contributed by atoms with Crippen molar-refractivity contribution in [3.8, 4) is 0 Å². The molecule has 1 saturated carbocycles. The summed E-state index contributed by atoms with van der Waals surface area (Å²) in [4.78, 5) is 2.36. The molecule has 0 aromatic heterocycles. The Morgan fingerprint density at radius 2 is 2.00 bits per heavy atom. The quantitative estimate of drug-likeness (QED) is 0.800. The van der Waals surface area contributed by atoms with Crippen LogP contribution in [0.4, 0.5) is 0 Å². The topological polar surface area (TPSA) is 24.5 Å². The van der Waals surface area contributed by atoms with Gasteiger partial charge in [0, 0.05) is 25.7 Å². The maximum absolute atomic E-state index is 5.67. The van der Waals surface area contributed by atoms with E-state index < -0.39 is 0 Å². The van der Waals surface area contributed by atoms with Crippen molar-refractivity contribution in [2.24, 2.45) is 0 Å². The van der Waals surface area contributed by atoms with Crippen LogP contribution in [-0.4, -0.2) is 35.3 Å². The zero-order valence-electron chi connectivity index (χ0n) is 14.3. The van der Waals surface area contributed by atoms with Gasteiger partial charge in [0.25, 0.3) is 0 Å². The Labute approximate surface area is 145 Å². The van der Waals surface area contributed by atoms with Crippen molar-refractivity contribution in [1.29, 1.82) is 0 Å². The molecule has 1 heterocycles. The maximum atomic E-state index is 5.67. The molecular formula is C19H28N2OS. The van der Waals surface area contributed by atoms with Gasteiger partial charge in [-0.1, -0.05) is 38.1 Å². The van der Waals surface area contributed by atoms with Crippen LogP contribution in [0.2, 0.25) is 0 Å². The summed E-state index contributed by atoms with van der Waals surface area (Å²) < 4.78 is 5.67. The third-order valence-electron chi connectivity index (χ3n) is 4.75. The van der Waals surface area contributed by atoms with E-state index >= 15 is 0 Å². The van der Waals surface area contributed by atoms with Gasteiger partial charge in [0.15, 0.2) is 5.11 Å². The van der Waals surface area contributed by atoms with Gasteiger partial charge in [-0.05, 0) is 54.9 Å². The van der Waals surface area contributed by atoms with Crippen LogP contribution in [0.25, 0.3) is 0 Å². The standard InChI is InChI=1S/C19H28N2OS/c1-14(2)16-7-5-15(6-8-16)13-21(17-9-10-17)19(23)20-12-18-4-3-11-22-18/h5-8,14,17-18H,3-4,9-13H2,1-2H3,(H,20,23)/t18-/m0/s1. The first-order chi connectivity index (χ1) is 11.1. The molecule has 0 unspecified atom stereocenters. The van der Waals surface area contributed by atoms with Crippen molar-refractivity contribution in [3.05, 3.63) is 35.4 Å². The van der Waals surface area contributed by atoms with Gasteiger partial charge in [0.1, 0.15) is 0 Å². The molecular weight excluding hydrogens is 304 g/mol. The fourth-order valence-corrected chi connectivity index (χ4v) is 3.36. The molecule has 2 fully saturated rings. The molecule has 0 radical (unpaired) electrons. The van der Waals surface area contributed by atoms with Crippen LogP contribution in [0, 0.1) is 0 Å². The second kappa shape index (κ2) is 7.63. The Balaban J connectivity index is 1.56. The number of hydrogen-bond acceptors (Lipinski definition) is 2. The van der Waals surface area contributed by atoms with Crippen LogP contribution in [0.3, 0.4) is 0 Å². The Bertz CT molecular complexity index is 519. The molecule has 0 amide bonds. The lowest BCUT2D eigenvalue weighted by molar-refractivity contribution is 0.113. The minimum atomic E-state index is 0.333. The van der Waals surface area contributed by atoms with Crippen LogP contribution < -0.4 is 5.32 Å². The zero-order valence-corrected chi connectivity index (χ0v) is 15.1. The monoisotopic (exact) mass is 332 g/mol. The number of ether oxygens (including phenoxy) is 1. The summed E-state index contributed by atoms with van der Waals surface area (Å²) in [5.41, 5.74) is 2.73. The summed E-state index contributed by atoms with van der Waals surface area (Å²) in [6, 6.07) is 9.59. The van der Waals surface area contributed by atoms with Crippen molar-refractivity contribution >= 4 is 17.3 Å². The fraction of sp³-hybridized carbons (Fsp3) is 0.632. The molecule has 1 N–H and O–H groups in total. The first-order valence-electron chi connectivity index (χ1n) is 8.88. The van der Waals surface area contributed by atoms with E-state index in [-0.39, 0.29) is 0 Å². The molecule has 0 spiro atoms. The molecule has 1 aliphatic heterocycles. The van der Waals surface area contributed by atoms with Gasteiger partial charge < -0.3 is 15.0 Å². The summed E-state index contributed by atoms with van der Waals surface area (Å²) in [5, 5.41) is 4.31. The normalized spacial score (nSPS) is 20.7. The third kappa shape index (κ3) is 4.67. The van der Waals surface area contributed by atoms with Gasteiger partial charge in [-0.2, -0.15) is 0 Å². The molecule has 1 saturated heterocycles. The lowest BCUT2D eigenvalue weighted by atomic mass is 10.0. The predicted octanol–water partition coefficient (Wildman–Crippen LogP) is 3.83. The number of benzene rings is 1. The highest BCUT2D eigenvalue weighted by Gasteiger charge is 2.31. The number of nitrogens with one attached hydrogen (secondary N) is 1. The second-order valence-corrected chi connectivity index (χ2v) is 7.46. The van der Waals surface area contributed by atoms with E-state index in [4.69, 9.17) is 17.0 Å². The van der Waals surface area contributed by atoms with Crippen LogP contribution in [-0.2, 0) is 11.3 Å². The first-order valence-corrected chi connectivity index (χ1v) is 9.29. The molecule has 3 nitrogen and oxygen atoms in total. The number of thiocarbonyl (C=S) groups is 1. The van der Waals surface area contributed by atoms with Gasteiger partial charge in [-0.25, -0.2) is 0 Å². The molecule has 4 heteroatoms. The third-order valence-corrected chi connectivity index (χ3v) is 5.13. The summed E-state index contributed by atoms with van der Waals surface area (Å²) in [6.45, 7) is 7.10. The van der Waals surface area contributed by atoms with E-state index in [0.717, 1.165) is 31.2 Å². The number of rotatable bonds is 6. The van der Waals surface area contributed by atoms with Crippen LogP contribution >= 0.6 is 12.2 Å². The summed E-state index contributed by atoms with van der Waals surface area (Å²) in [5.74, 6) is 0.581. The SMILES string of the molecule is CC(C)c1ccc(CN(C(=S)NC[C@@H]2CCCO2)C2CC2)cc1. The van der Waals surface area contributed by atoms with Crippen molar-refractivity contribution in [3.63, 3.8) is 0 Å². The average molecular weight is 333 g/mol. The average Bonchev–Trinajstić information content (AvgIpc) is 3.26. The highest BCUT2D eigenvalue weighted by atomic mass is 32.1. The van der Waals surface area contributed by atoms with E-state index in [0.29, 0.717) is 18.1 Å². The van der Waals surface area contributed by atoms with Crippen molar-refractivity contribution in [2.45, 2.75) is 64.1 Å². The molecule has 1 aromatic carbocycles. The van der Waals surface area contributed by atoms with Gasteiger partial charge in [-0.3, -0.25) is 0 Å². The lowest BCUT2D eigenvalue weighted by Gasteiger charge is -2.27. The fourth-order valence-electron chi connectivity index (χ4n) is 3.07. The van der Waals surface area contributed by atoms with Gasteiger partial charge in [0.2, 0.25) is 0 Å². The minimum Gasteiger partial charge on any atom is -0.376 e. The molecule has 1 aliphatic carbocycles. The van der Waals surface area contributed by atoms with Crippen molar-refractivity contribution in [1.82, 2.24) is 10.2 Å². The molecule has 1 aromatic rings. The molecule has 0 bridgehead atoms. The Hall–Kier alpha value is -1.13. The Morgan fingerprint density at radius 3 is 2.57 bits per heavy atom. The van der Waals surface area contributed by atoms with Crippen LogP contribution in [0.1, 0.15) is 56.6 Å². The first kappa shape index (κ1) is 16.7. The Kier molecular flexibility index (Phi) is 5.54. The molecule has 126 valence electrons. The van der Waals surface area contributed by atoms with E-state index in [2.05, 4.69) is 48.3 Å². The highest BCUT2D eigenvalue weighted by molar-refractivity contribution is 7.80. The van der Waals surface area contributed by atoms with Crippen LogP contribution in [0.15, 0.2) is 24.3 Å². The highest BCUT2D eigenvalue weighted by Crippen LogP contribution is 2.29. The van der Waals surface area contributed by atoms with E-state index in [9.17, 15) is 0 Å². The van der Waals surface area contributed by atoms with Gasteiger partial charge >= 0.3 is 0 Å². The summed E-state index contributed by atoms with van der Waals surface area (Å²) in [7, 11) is 0. The molecule has 1 atom stereocenters. The molecule has 3 rings (SSSR count). The van der Waals surface area contributed by atoms with Crippen molar-refractivity contribution in [2.75, 3.05) is 13.2 Å². The van der Waals surface area contributed by atoms with Crippen LogP contribution in [0.5, 0.6) is 0 Å². The van der Waals surface area contributed by atoms with E-state index in [1.807, 2.05) is 0 Å². The van der Waals surface area contributed by atoms with E-state index in [1.54, 1.807) is 0 Å². The summed E-state index contributed by atoms with van der Waals surface area (Å²) >= 11 is 5.65. The van der Waals surface area contributed by atoms with Crippen molar-refractivity contribution < 1.29 is 4.74 Å². The molecule has 23 heavy (non-hydrogen) atoms. The van der Waals surface area contributed by atoms with Gasteiger partial charge in [0.05, 0.1) is 6.10 Å². The second-order valence-electron chi connectivity index (χ2n) is 7.08. The Morgan fingerprint density at radius 1 is 1.26 bits per heavy atom. The molecule has 2 aliphatic rings. The summed E-state index contributed by atoms with van der Waals surface area (Å²) in [6.07, 6.45) is 5.17.